The van der Waals surface area contributed by atoms with Gasteiger partial charge in [0, 0.05) is 18.5 Å². The fourth-order valence-electron chi connectivity index (χ4n) is 4.14. The molecule has 126 valence electrons. The van der Waals surface area contributed by atoms with Crippen LogP contribution in [0.2, 0.25) is 0 Å². The normalized spacial score (nSPS) is 28.0. The molecular formula is C18H26N2O3. The Morgan fingerprint density at radius 1 is 1.26 bits per heavy atom. The standard InChI is InChI=1S/C18H26N2O3/c1-12-13(18(22)23-2)9-10-17(19-12)20-11-5-7-15(20)14-6-3-4-8-16(14)21/h9-10,14-16,21H,3-8,11H2,1-2H3. The second kappa shape index (κ2) is 6.87. The molecule has 3 rings (SSSR count). The van der Waals surface area contributed by atoms with E-state index in [0.29, 0.717) is 23.2 Å². The van der Waals surface area contributed by atoms with Gasteiger partial charge in [0.25, 0.3) is 0 Å². The van der Waals surface area contributed by atoms with E-state index in [1.54, 1.807) is 6.07 Å². The third kappa shape index (κ3) is 3.20. The fourth-order valence-corrected chi connectivity index (χ4v) is 4.14. The average molecular weight is 318 g/mol. The summed E-state index contributed by atoms with van der Waals surface area (Å²) in [6.45, 7) is 2.81. The summed E-state index contributed by atoms with van der Waals surface area (Å²) in [7, 11) is 1.39. The summed E-state index contributed by atoms with van der Waals surface area (Å²) in [5.41, 5.74) is 1.22. The van der Waals surface area contributed by atoms with Crippen molar-refractivity contribution in [1.29, 1.82) is 0 Å². The van der Waals surface area contributed by atoms with E-state index in [2.05, 4.69) is 9.88 Å². The van der Waals surface area contributed by atoms with Crippen LogP contribution < -0.4 is 4.90 Å². The zero-order valence-electron chi connectivity index (χ0n) is 14.0. The topological polar surface area (TPSA) is 62.7 Å². The molecule has 3 atom stereocenters. The first kappa shape index (κ1) is 16.2. The van der Waals surface area contributed by atoms with Crippen molar-refractivity contribution in [3.8, 4) is 0 Å². The van der Waals surface area contributed by atoms with Gasteiger partial charge in [-0.25, -0.2) is 9.78 Å². The van der Waals surface area contributed by atoms with Gasteiger partial charge in [0.15, 0.2) is 0 Å². The number of aliphatic hydroxyl groups excluding tert-OH is 1. The number of rotatable bonds is 3. The molecule has 5 heteroatoms. The Hall–Kier alpha value is -1.62. The van der Waals surface area contributed by atoms with Crippen molar-refractivity contribution in [2.24, 2.45) is 5.92 Å². The van der Waals surface area contributed by atoms with Crippen molar-refractivity contribution in [1.82, 2.24) is 4.98 Å². The molecule has 0 amide bonds. The van der Waals surface area contributed by atoms with Crippen LogP contribution in [-0.4, -0.2) is 41.9 Å². The van der Waals surface area contributed by atoms with Crippen LogP contribution in [0.3, 0.4) is 0 Å². The Labute approximate surface area is 137 Å². The van der Waals surface area contributed by atoms with Crippen molar-refractivity contribution in [2.45, 2.75) is 57.6 Å². The van der Waals surface area contributed by atoms with Gasteiger partial charge in [-0.1, -0.05) is 12.8 Å². The maximum absolute atomic E-state index is 11.7. The smallest absolute Gasteiger partial charge is 0.339 e. The lowest BCUT2D eigenvalue weighted by Crippen LogP contribution is -2.43. The van der Waals surface area contributed by atoms with Crippen molar-refractivity contribution in [2.75, 3.05) is 18.6 Å². The maximum atomic E-state index is 11.7. The summed E-state index contributed by atoms with van der Waals surface area (Å²) in [4.78, 5) is 18.7. The molecule has 3 unspecified atom stereocenters. The van der Waals surface area contributed by atoms with E-state index in [1.165, 1.54) is 13.5 Å². The van der Waals surface area contributed by atoms with Gasteiger partial charge in [0.2, 0.25) is 0 Å². The molecule has 0 bridgehead atoms. The number of carbonyl (C=O) groups is 1. The highest BCUT2D eigenvalue weighted by Gasteiger charge is 2.37. The van der Waals surface area contributed by atoms with Gasteiger partial charge >= 0.3 is 5.97 Å². The lowest BCUT2D eigenvalue weighted by Gasteiger charge is -2.37. The van der Waals surface area contributed by atoms with Gasteiger partial charge in [-0.3, -0.25) is 0 Å². The summed E-state index contributed by atoms with van der Waals surface area (Å²) in [5, 5.41) is 10.4. The quantitative estimate of drug-likeness (QED) is 0.868. The number of aryl methyl sites for hydroxylation is 1. The number of aliphatic hydroxyl groups is 1. The molecule has 1 aromatic heterocycles. The highest BCUT2D eigenvalue weighted by Crippen LogP contribution is 2.36. The minimum atomic E-state index is -0.345. The van der Waals surface area contributed by atoms with E-state index >= 15 is 0 Å². The summed E-state index contributed by atoms with van der Waals surface area (Å²) in [6.07, 6.45) is 6.42. The van der Waals surface area contributed by atoms with Crippen LogP contribution in [0.5, 0.6) is 0 Å². The average Bonchev–Trinajstić information content (AvgIpc) is 3.04. The minimum Gasteiger partial charge on any atom is -0.465 e. The zero-order chi connectivity index (χ0) is 16.4. The van der Waals surface area contributed by atoms with Gasteiger partial charge in [0.05, 0.1) is 24.5 Å². The largest absolute Gasteiger partial charge is 0.465 e. The molecular weight excluding hydrogens is 292 g/mol. The molecule has 1 saturated carbocycles. The van der Waals surface area contributed by atoms with Crippen molar-refractivity contribution in [3.63, 3.8) is 0 Å². The van der Waals surface area contributed by atoms with E-state index in [0.717, 1.165) is 44.5 Å². The van der Waals surface area contributed by atoms with E-state index in [4.69, 9.17) is 4.74 Å². The van der Waals surface area contributed by atoms with Gasteiger partial charge in [-0.2, -0.15) is 0 Å². The molecule has 2 heterocycles. The molecule has 1 aliphatic heterocycles. The fraction of sp³-hybridized carbons (Fsp3) is 0.667. The maximum Gasteiger partial charge on any atom is 0.339 e. The van der Waals surface area contributed by atoms with E-state index in [-0.39, 0.29) is 12.1 Å². The van der Waals surface area contributed by atoms with E-state index < -0.39 is 0 Å². The summed E-state index contributed by atoms with van der Waals surface area (Å²) >= 11 is 0. The van der Waals surface area contributed by atoms with Crippen LogP contribution in [0.1, 0.15) is 54.6 Å². The van der Waals surface area contributed by atoms with Gasteiger partial charge < -0.3 is 14.7 Å². The monoisotopic (exact) mass is 318 g/mol. The Morgan fingerprint density at radius 3 is 2.74 bits per heavy atom. The Balaban J connectivity index is 1.82. The number of anilines is 1. The number of esters is 1. The van der Waals surface area contributed by atoms with Crippen LogP contribution in [-0.2, 0) is 4.74 Å². The van der Waals surface area contributed by atoms with Crippen LogP contribution in [0.4, 0.5) is 5.82 Å². The molecule has 5 nitrogen and oxygen atoms in total. The molecule has 1 N–H and O–H groups in total. The third-order valence-electron chi connectivity index (χ3n) is 5.35. The molecule has 1 aliphatic carbocycles. The number of hydrogen-bond donors (Lipinski definition) is 1. The van der Waals surface area contributed by atoms with E-state index in [1.807, 2.05) is 13.0 Å². The second-order valence-corrected chi connectivity index (χ2v) is 6.71. The van der Waals surface area contributed by atoms with Gasteiger partial charge in [0.1, 0.15) is 5.82 Å². The first-order valence-electron chi connectivity index (χ1n) is 8.62. The molecule has 0 spiro atoms. The third-order valence-corrected chi connectivity index (χ3v) is 5.35. The number of nitrogens with zero attached hydrogens (tertiary/aromatic N) is 2. The number of methoxy groups -OCH3 is 1. The number of pyridine rings is 1. The number of carbonyl (C=O) groups excluding carboxylic acids is 1. The summed E-state index contributed by atoms with van der Waals surface area (Å²) in [5.74, 6) is 0.909. The number of aromatic nitrogens is 1. The molecule has 0 aromatic carbocycles. The van der Waals surface area contributed by atoms with Crippen LogP contribution >= 0.6 is 0 Å². The lowest BCUT2D eigenvalue weighted by atomic mass is 9.80. The number of hydrogen-bond acceptors (Lipinski definition) is 5. The summed E-state index contributed by atoms with van der Waals surface area (Å²) < 4.78 is 4.79. The second-order valence-electron chi connectivity index (χ2n) is 6.71. The predicted molar refractivity (Wildman–Crippen MR) is 88.6 cm³/mol. The molecule has 2 aliphatic rings. The molecule has 1 saturated heterocycles. The van der Waals surface area contributed by atoms with Crippen LogP contribution in [0, 0.1) is 12.8 Å². The molecule has 23 heavy (non-hydrogen) atoms. The molecule has 2 fully saturated rings. The highest BCUT2D eigenvalue weighted by molar-refractivity contribution is 5.90. The molecule has 0 radical (unpaired) electrons. The Bertz CT molecular complexity index is 575. The Kier molecular flexibility index (Phi) is 4.85. The highest BCUT2D eigenvalue weighted by atomic mass is 16.5. The molecule has 1 aromatic rings. The SMILES string of the molecule is COC(=O)c1ccc(N2CCCC2C2CCCCC2O)nc1C. The minimum absolute atomic E-state index is 0.190. The van der Waals surface area contributed by atoms with Crippen LogP contribution in [0.15, 0.2) is 12.1 Å². The first-order chi connectivity index (χ1) is 11.1. The van der Waals surface area contributed by atoms with Crippen LogP contribution in [0.25, 0.3) is 0 Å². The van der Waals surface area contributed by atoms with Gasteiger partial charge in [-0.05, 0) is 44.7 Å². The van der Waals surface area contributed by atoms with E-state index in [9.17, 15) is 9.90 Å². The Morgan fingerprint density at radius 2 is 2.04 bits per heavy atom. The lowest BCUT2D eigenvalue weighted by molar-refractivity contribution is 0.0565. The number of ether oxygens (including phenoxy) is 1. The predicted octanol–water partition coefficient (Wildman–Crippen LogP) is 2.70. The summed E-state index contributed by atoms with van der Waals surface area (Å²) in [6, 6.07) is 4.07. The zero-order valence-corrected chi connectivity index (χ0v) is 14.0. The van der Waals surface area contributed by atoms with Gasteiger partial charge in [-0.15, -0.1) is 0 Å². The van der Waals surface area contributed by atoms with Crippen molar-refractivity contribution < 1.29 is 14.6 Å². The van der Waals surface area contributed by atoms with Crippen molar-refractivity contribution >= 4 is 11.8 Å². The van der Waals surface area contributed by atoms with Crippen molar-refractivity contribution in [3.05, 3.63) is 23.4 Å². The first-order valence-corrected chi connectivity index (χ1v) is 8.62.